The van der Waals surface area contributed by atoms with Crippen LogP contribution in [0, 0.1) is 20.2 Å². The van der Waals surface area contributed by atoms with E-state index >= 15 is 0 Å². The second-order valence-corrected chi connectivity index (χ2v) is 7.85. The molecule has 2 aromatic carbocycles. The van der Waals surface area contributed by atoms with E-state index in [0.29, 0.717) is 35.6 Å². The summed E-state index contributed by atoms with van der Waals surface area (Å²) in [5, 5.41) is 23.1. The van der Waals surface area contributed by atoms with Gasteiger partial charge in [0.05, 0.1) is 24.1 Å². The Kier molecular flexibility index (Phi) is 4.91. The van der Waals surface area contributed by atoms with E-state index in [9.17, 15) is 20.2 Å². The van der Waals surface area contributed by atoms with E-state index in [1.807, 2.05) is 12.1 Å². The molecule has 1 unspecified atom stereocenters. The fourth-order valence-electron chi connectivity index (χ4n) is 4.33. The third kappa shape index (κ3) is 3.12. The standard InChI is InChI=1S/C19H18BrN3O6/c1-28-16-6-10-3-4-21-9-11-5-15(22(24)25)18(20)19(23(26)27)13(11)7-14(21)12(10)8-17(16)29-2/h5-6,8,14H,3-4,7,9H2,1-2H3. The smallest absolute Gasteiger partial charge is 0.294 e. The van der Waals surface area contributed by atoms with Crippen LogP contribution in [-0.4, -0.2) is 35.5 Å². The van der Waals surface area contributed by atoms with Crippen LogP contribution in [0.4, 0.5) is 11.4 Å². The number of ether oxygens (including phenoxy) is 2. The Morgan fingerprint density at radius 3 is 2.38 bits per heavy atom. The quantitative estimate of drug-likeness (QED) is 0.498. The van der Waals surface area contributed by atoms with Gasteiger partial charge in [-0.25, -0.2) is 0 Å². The van der Waals surface area contributed by atoms with Gasteiger partial charge in [-0.1, -0.05) is 0 Å². The molecule has 0 aromatic heterocycles. The number of hydrogen-bond acceptors (Lipinski definition) is 7. The number of fused-ring (bicyclic) bond motifs is 4. The summed E-state index contributed by atoms with van der Waals surface area (Å²) in [6, 6.07) is 5.27. The van der Waals surface area contributed by atoms with Gasteiger partial charge in [0.2, 0.25) is 0 Å². The van der Waals surface area contributed by atoms with Crippen molar-refractivity contribution in [3.63, 3.8) is 0 Å². The van der Waals surface area contributed by atoms with Crippen molar-refractivity contribution in [2.75, 3.05) is 20.8 Å². The predicted molar refractivity (Wildman–Crippen MR) is 108 cm³/mol. The molecule has 9 nitrogen and oxygen atoms in total. The minimum Gasteiger partial charge on any atom is -0.493 e. The molecule has 0 saturated heterocycles. The number of rotatable bonds is 4. The normalized spacial score (nSPS) is 17.7. The molecule has 0 radical (unpaired) electrons. The van der Waals surface area contributed by atoms with E-state index in [4.69, 9.17) is 9.47 Å². The molecule has 0 saturated carbocycles. The van der Waals surface area contributed by atoms with Crippen LogP contribution in [0.1, 0.15) is 28.3 Å². The Balaban J connectivity index is 1.85. The van der Waals surface area contributed by atoms with Crippen molar-refractivity contribution < 1.29 is 19.3 Å². The zero-order valence-corrected chi connectivity index (χ0v) is 17.4. The maximum Gasteiger partial charge on any atom is 0.294 e. The molecule has 1 atom stereocenters. The average molecular weight is 464 g/mol. The first kappa shape index (κ1) is 19.6. The highest BCUT2D eigenvalue weighted by Crippen LogP contribution is 2.47. The third-order valence-corrected chi connectivity index (χ3v) is 6.46. The molecule has 2 heterocycles. The minimum atomic E-state index is -0.591. The summed E-state index contributed by atoms with van der Waals surface area (Å²) >= 11 is 3.09. The summed E-state index contributed by atoms with van der Waals surface area (Å²) in [6.45, 7) is 1.17. The highest BCUT2D eigenvalue weighted by molar-refractivity contribution is 9.10. The first-order chi connectivity index (χ1) is 13.8. The lowest BCUT2D eigenvalue weighted by Gasteiger charge is -2.41. The number of methoxy groups -OCH3 is 2. The van der Waals surface area contributed by atoms with Crippen LogP contribution < -0.4 is 9.47 Å². The molecular formula is C19H18BrN3O6. The van der Waals surface area contributed by atoms with Crippen LogP contribution in [0.3, 0.4) is 0 Å². The summed E-state index contributed by atoms with van der Waals surface area (Å²) in [5.74, 6) is 1.26. The molecule has 0 fully saturated rings. The SMILES string of the molecule is COc1cc2c(cc1OC)C1Cc3c(cc([N+](=O)[O-])c(Br)c3[N+](=O)[O-])CN1CC2. The summed E-state index contributed by atoms with van der Waals surface area (Å²) < 4.78 is 10.8. The van der Waals surface area contributed by atoms with Crippen molar-refractivity contribution in [1.82, 2.24) is 4.90 Å². The van der Waals surface area contributed by atoms with Gasteiger partial charge in [0.15, 0.2) is 16.0 Å². The van der Waals surface area contributed by atoms with Gasteiger partial charge in [0.25, 0.3) is 11.4 Å². The molecule has 0 N–H and O–H groups in total. The van der Waals surface area contributed by atoms with Gasteiger partial charge in [0.1, 0.15) is 0 Å². The zero-order chi connectivity index (χ0) is 20.9. The Morgan fingerprint density at radius 1 is 1.07 bits per heavy atom. The molecule has 10 heteroatoms. The lowest BCUT2D eigenvalue weighted by molar-refractivity contribution is -0.396. The monoisotopic (exact) mass is 463 g/mol. The van der Waals surface area contributed by atoms with Crippen molar-refractivity contribution in [2.24, 2.45) is 0 Å². The second-order valence-electron chi connectivity index (χ2n) is 7.06. The molecule has 2 aromatic rings. The number of hydrogen-bond donors (Lipinski definition) is 0. The van der Waals surface area contributed by atoms with E-state index in [-0.39, 0.29) is 21.9 Å². The van der Waals surface area contributed by atoms with E-state index in [1.165, 1.54) is 6.07 Å². The van der Waals surface area contributed by atoms with Gasteiger partial charge in [-0.15, -0.1) is 0 Å². The molecular weight excluding hydrogens is 446 g/mol. The summed E-state index contributed by atoms with van der Waals surface area (Å²) in [7, 11) is 3.16. The molecule has 0 aliphatic carbocycles. The maximum atomic E-state index is 11.8. The Labute approximate surface area is 174 Å². The molecule has 152 valence electrons. The van der Waals surface area contributed by atoms with Crippen molar-refractivity contribution in [2.45, 2.75) is 25.4 Å². The third-order valence-electron chi connectivity index (χ3n) is 5.68. The van der Waals surface area contributed by atoms with Gasteiger partial charge in [0, 0.05) is 30.8 Å². The van der Waals surface area contributed by atoms with E-state index in [2.05, 4.69) is 20.8 Å². The van der Waals surface area contributed by atoms with Crippen LogP contribution in [0.25, 0.3) is 0 Å². The van der Waals surface area contributed by atoms with Crippen LogP contribution in [0.2, 0.25) is 0 Å². The van der Waals surface area contributed by atoms with Crippen LogP contribution >= 0.6 is 15.9 Å². The molecule has 0 amide bonds. The van der Waals surface area contributed by atoms with E-state index in [1.54, 1.807) is 14.2 Å². The summed E-state index contributed by atoms with van der Waals surface area (Å²) in [6.07, 6.45) is 1.19. The van der Waals surface area contributed by atoms with Crippen LogP contribution in [0.15, 0.2) is 22.7 Å². The predicted octanol–water partition coefficient (Wildman–Crippen LogP) is 3.94. The van der Waals surface area contributed by atoms with Crippen molar-refractivity contribution in [3.05, 3.63) is 65.2 Å². The van der Waals surface area contributed by atoms with E-state index in [0.717, 1.165) is 24.1 Å². The molecule has 0 spiro atoms. The molecule has 4 rings (SSSR count). The fraction of sp³-hybridized carbons (Fsp3) is 0.368. The summed E-state index contributed by atoms with van der Waals surface area (Å²) in [4.78, 5) is 24.2. The number of nitro benzene ring substituents is 2. The van der Waals surface area contributed by atoms with Crippen LogP contribution in [0.5, 0.6) is 11.5 Å². The minimum absolute atomic E-state index is 0.0712. The number of benzene rings is 2. The van der Waals surface area contributed by atoms with Crippen molar-refractivity contribution in [1.29, 1.82) is 0 Å². The van der Waals surface area contributed by atoms with Crippen LogP contribution in [-0.2, 0) is 19.4 Å². The number of halogens is 1. The largest absolute Gasteiger partial charge is 0.493 e. The molecule has 29 heavy (non-hydrogen) atoms. The highest BCUT2D eigenvalue weighted by atomic mass is 79.9. The second kappa shape index (κ2) is 7.27. The lowest BCUT2D eigenvalue weighted by atomic mass is 9.83. The first-order valence-electron chi connectivity index (χ1n) is 8.97. The lowest BCUT2D eigenvalue weighted by Crippen LogP contribution is -2.39. The average Bonchev–Trinajstić information content (AvgIpc) is 2.70. The Morgan fingerprint density at radius 2 is 1.76 bits per heavy atom. The summed E-state index contributed by atoms with van der Waals surface area (Å²) in [5.41, 5.74) is 2.83. The maximum absolute atomic E-state index is 11.8. The fourth-order valence-corrected chi connectivity index (χ4v) is 4.98. The first-order valence-corrected chi connectivity index (χ1v) is 9.76. The van der Waals surface area contributed by atoms with Crippen molar-refractivity contribution >= 4 is 27.3 Å². The number of nitro groups is 2. The molecule has 0 bridgehead atoms. The Bertz CT molecular complexity index is 1040. The topological polar surface area (TPSA) is 108 Å². The molecule has 2 aliphatic heterocycles. The van der Waals surface area contributed by atoms with Crippen molar-refractivity contribution in [3.8, 4) is 11.5 Å². The molecule has 2 aliphatic rings. The van der Waals surface area contributed by atoms with Gasteiger partial charge in [-0.05, 0) is 57.6 Å². The van der Waals surface area contributed by atoms with Gasteiger partial charge in [-0.3, -0.25) is 25.1 Å². The van der Waals surface area contributed by atoms with E-state index < -0.39 is 9.85 Å². The highest BCUT2D eigenvalue weighted by Gasteiger charge is 2.39. The van der Waals surface area contributed by atoms with Gasteiger partial charge >= 0.3 is 0 Å². The van der Waals surface area contributed by atoms with Gasteiger partial charge in [-0.2, -0.15) is 0 Å². The Hall–Kier alpha value is -2.72. The van der Waals surface area contributed by atoms with Gasteiger partial charge < -0.3 is 9.47 Å². The number of nitrogens with zero attached hydrogens (tertiary/aromatic N) is 3. The zero-order valence-electron chi connectivity index (χ0n) is 15.8.